The number of terminal acetylenes is 1. The quantitative estimate of drug-likeness (QED) is 0.556. The predicted molar refractivity (Wildman–Crippen MR) is 64.9 cm³/mol. The summed E-state index contributed by atoms with van der Waals surface area (Å²) in [6.45, 7) is 1.15. The average Bonchev–Trinajstić information content (AvgIpc) is 3.18. The Balaban J connectivity index is 2.03. The molecule has 3 heteroatoms. The Kier molecular flexibility index (Phi) is 4.03. The Hall–Kier alpha value is -1.50. The van der Waals surface area contributed by atoms with E-state index in [1.54, 1.807) is 7.11 Å². The third-order valence-electron chi connectivity index (χ3n) is 2.73. The van der Waals surface area contributed by atoms with Gasteiger partial charge < -0.3 is 14.2 Å². The molecule has 0 aliphatic carbocycles. The first-order chi connectivity index (χ1) is 8.33. The molecule has 3 nitrogen and oxygen atoms in total. The van der Waals surface area contributed by atoms with Crippen LogP contribution in [0.15, 0.2) is 24.3 Å². The molecule has 1 heterocycles. The first-order valence-corrected chi connectivity index (χ1v) is 5.64. The molecule has 1 fully saturated rings. The van der Waals surface area contributed by atoms with Gasteiger partial charge in [-0.3, -0.25) is 0 Å². The minimum Gasteiger partial charge on any atom is -0.497 e. The highest BCUT2D eigenvalue weighted by Gasteiger charge is 2.27. The zero-order chi connectivity index (χ0) is 12.1. The average molecular weight is 232 g/mol. The summed E-state index contributed by atoms with van der Waals surface area (Å²) >= 11 is 0. The standard InChI is InChI=1S/C14H16O3/c1-3-8-16-14(9-13-10-17-13)11-4-6-12(15-2)7-5-11/h1,4-7,13-14H,8-10H2,2H3. The molecule has 0 radical (unpaired) electrons. The van der Waals surface area contributed by atoms with E-state index in [2.05, 4.69) is 5.92 Å². The molecule has 0 spiro atoms. The van der Waals surface area contributed by atoms with Crippen LogP contribution >= 0.6 is 0 Å². The Morgan fingerprint density at radius 2 is 2.18 bits per heavy atom. The minimum atomic E-state index is 0.00413. The van der Waals surface area contributed by atoms with Crippen LogP contribution in [0.1, 0.15) is 18.1 Å². The van der Waals surface area contributed by atoms with Crippen molar-refractivity contribution in [1.29, 1.82) is 0 Å². The number of rotatable bonds is 6. The van der Waals surface area contributed by atoms with E-state index < -0.39 is 0 Å². The molecule has 0 bridgehead atoms. The van der Waals surface area contributed by atoms with Crippen molar-refractivity contribution in [3.8, 4) is 18.1 Å². The van der Waals surface area contributed by atoms with Crippen LogP contribution in [0.25, 0.3) is 0 Å². The van der Waals surface area contributed by atoms with E-state index in [9.17, 15) is 0 Å². The van der Waals surface area contributed by atoms with E-state index in [1.165, 1.54) is 0 Å². The molecule has 17 heavy (non-hydrogen) atoms. The van der Waals surface area contributed by atoms with Gasteiger partial charge in [0.05, 0.1) is 25.9 Å². The lowest BCUT2D eigenvalue weighted by atomic mass is 10.0. The van der Waals surface area contributed by atoms with Gasteiger partial charge in [0.1, 0.15) is 12.4 Å². The van der Waals surface area contributed by atoms with Crippen molar-refractivity contribution >= 4 is 0 Å². The van der Waals surface area contributed by atoms with Crippen molar-refractivity contribution in [1.82, 2.24) is 0 Å². The zero-order valence-electron chi connectivity index (χ0n) is 9.89. The van der Waals surface area contributed by atoms with E-state index >= 15 is 0 Å². The van der Waals surface area contributed by atoms with Crippen LogP contribution in [-0.4, -0.2) is 26.4 Å². The van der Waals surface area contributed by atoms with Crippen LogP contribution in [0.2, 0.25) is 0 Å². The summed E-state index contributed by atoms with van der Waals surface area (Å²) in [5.41, 5.74) is 1.11. The summed E-state index contributed by atoms with van der Waals surface area (Å²) in [5, 5.41) is 0. The summed E-state index contributed by atoms with van der Waals surface area (Å²) < 4.78 is 16.0. The van der Waals surface area contributed by atoms with Crippen molar-refractivity contribution in [2.24, 2.45) is 0 Å². The maximum absolute atomic E-state index is 5.64. The van der Waals surface area contributed by atoms with Crippen LogP contribution in [0.3, 0.4) is 0 Å². The van der Waals surface area contributed by atoms with Gasteiger partial charge in [-0.25, -0.2) is 0 Å². The summed E-state index contributed by atoms with van der Waals surface area (Å²) in [6, 6.07) is 7.86. The second-order valence-corrected chi connectivity index (χ2v) is 3.97. The number of ether oxygens (including phenoxy) is 3. The zero-order valence-corrected chi connectivity index (χ0v) is 9.89. The topological polar surface area (TPSA) is 31.0 Å². The van der Waals surface area contributed by atoms with Gasteiger partial charge >= 0.3 is 0 Å². The highest BCUT2D eigenvalue weighted by molar-refractivity contribution is 5.28. The first kappa shape index (κ1) is 12.0. The fourth-order valence-electron chi connectivity index (χ4n) is 1.71. The molecule has 2 rings (SSSR count). The Morgan fingerprint density at radius 3 is 2.71 bits per heavy atom. The van der Waals surface area contributed by atoms with Crippen LogP contribution in [0.5, 0.6) is 5.75 Å². The van der Waals surface area contributed by atoms with Crippen LogP contribution < -0.4 is 4.74 Å². The van der Waals surface area contributed by atoms with E-state index in [-0.39, 0.29) is 6.10 Å². The molecule has 0 amide bonds. The number of epoxide rings is 1. The molecule has 90 valence electrons. The molecular formula is C14H16O3. The molecule has 0 aromatic heterocycles. The Bertz CT molecular complexity index is 387. The fourth-order valence-corrected chi connectivity index (χ4v) is 1.71. The van der Waals surface area contributed by atoms with Gasteiger partial charge in [-0.15, -0.1) is 6.42 Å². The fraction of sp³-hybridized carbons (Fsp3) is 0.429. The Morgan fingerprint density at radius 1 is 1.47 bits per heavy atom. The second-order valence-electron chi connectivity index (χ2n) is 3.97. The van der Waals surface area contributed by atoms with Crippen LogP contribution in [0, 0.1) is 12.3 Å². The summed E-state index contributed by atoms with van der Waals surface area (Å²) in [7, 11) is 1.65. The Labute approximate surface area is 102 Å². The number of methoxy groups -OCH3 is 1. The summed E-state index contributed by atoms with van der Waals surface area (Å²) in [6.07, 6.45) is 6.40. The van der Waals surface area contributed by atoms with Crippen molar-refractivity contribution in [3.63, 3.8) is 0 Å². The third kappa shape index (κ3) is 3.48. The van der Waals surface area contributed by atoms with Crippen molar-refractivity contribution in [3.05, 3.63) is 29.8 Å². The normalized spacial score (nSPS) is 19.4. The highest BCUT2D eigenvalue weighted by Crippen LogP contribution is 2.29. The van der Waals surface area contributed by atoms with E-state index in [4.69, 9.17) is 20.6 Å². The molecule has 0 saturated carbocycles. The number of hydrogen-bond donors (Lipinski definition) is 0. The van der Waals surface area contributed by atoms with Crippen LogP contribution in [-0.2, 0) is 9.47 Å². The summed E-state index contributed by atoms with van der Waals surface area (Å²) in [4.78, 5) is 0. The lowest BCUT2D eigenvalue weighted by Crippen LogP contribution is -2.08. The van der Waals surface area contributed by atoms with E-state index in [0.29, 0.717) is 12.7 Å². The van der Waals surface area contributed by atoms with Gasteiger partial charge in [0, 0.05) is 6.42 Å². The lowest BCUT2D eigenvalue weighted by Gasteiger charge is -2.16. The van der Waals surface area contributed by atoms with E-state index in [1.807, 2.05) is 24.3 Å². The van der Waals surface area contributed by atoms with Crippen molar-refractivity contribution in [2.75, 3.05) is 20.3 Å². The van der Waals surface area contributed by atoms with Gasteiger partial charge in [-0.05, 0) is 17.7 Å². The van der Waals surface area contributed by atoms with E-state index in [0.717, 1.165) is 24.3 Å². The largest absolute Gasteiger partial charge is 0.497 e. The minimum absolute atomic E-state index is 0.00413. The molecule has 1 saturated heterocycles. The number of benzene rings is 1. The molecule has 1 aromatic carbocycles. The lowest BCUT2D eigenvalue weighted by molar-refractivity contribution is 0.0647. The predicted octanol–water partition coefficient (Wildman–Crippen LogP) is 2.17. The highest BCUT2D eigenvalue weighted by atomic mass is 16.6. The van der Waals surface area contributed by atoms with Gasteiger partial charge in [-0.1, -0.05) is 18.1 Å². The molecule has 1 aromatic rings. The maximum Gasteiger partial charge on any atom is 0.118 e. The molecule has 1 aliphatic rings. The van der Waals surface area contributed by atoms with Crippen molar-refractivity contribution in [2.45, 2.75) is 18.6 Å². The second kappa shape index (κ2) is 5.72. The smallest absolute Gasteiger partial charge is 0.118 e. The molecule has 2 atom stereocenters. The first-order valence-electron chi connectivity index (χ1n) is 5.64. The monoisotopic (exact) mass is 232 g/mol. The third-order valence-corrected chi connectivity index (χ3v) is 2.73. The molecule has 2 unspecified atom stereocenters. The van der Waals surface area contributed by atoms with Crippen molar-refractivity contribution < 1.29 is 14.2 Å². The SMILES string of the molecule is C#CCOC(CC1CO1)c1ccc(OC)cc1. The molecule has 0 N–H and O–H groups in total. The van der Waals surface area contributed by atoms with Gasteiger partial charge in [0.2, 0.25) is 0 Å². The van der Waals surface area contributed by atoms with Crippen LogP contribution in [0.4, 0.5) is 0 Å². The van der Waals surface area contributed by atoms with Gasteiger partial charge in [0.15, 0.2) is 0 Å². The van der Waals surface area contributed by atoms with Gasteiger partial charge in [0.25, 0.3) is 0 Å². The van der Waals surface area contributed by atoms with Gasteiger partial charge in [-0.2, -0.15) is 0 Å². The summed E-state index contributed by atoms with van der Waals surface area (Å²) in [5.74, 6) is 3.34. The molecule has 1 aliphatic heterocycles. The maximum atomic E-state index is 5.64. The number of hydrogen-bond acceptors (Lipinski definition) is 3. The molecular weight excluding hydrogens is 216 g/mol.